The molecule has 1 N–H and O–H groups in total. The first-order chi connectivity index (χ1) is 11.5. The molecule has 130 valence electrons. The van der Waals surface area contributed by atoms with Gasteiger partial charge in [0.2, 0.25) is 5.91 Å². The minimum absolute atomic E-state index is 0.000799. The lowest BCUT2D eigenvalue weighted by Gasteiger charge is -2.07. The summed E-state index contributed by atoms with van der Waals surface area (Å²) in [4.78, 5) is 16.5. The normalized spacial score (nSPS) is 10.9. The molecular formula is C18H24N2O2S2. The van der Waals surface area contributed by atoms with Crippen LogP contribution in [0.15, 0.2) is 23.6 Å². The smallest absolute Gasteiger partial charge is 0.236 e. The second-order valence-electron chi connectivity index (χ2n) is 6.02. The molecular weight excluding hydrogens is 340 g/mol. The predicted octanol–water partition coefficient (Wildman–Crippen LogP) is 4.84. The van der Waals surface area contributed by atoms with Crippen LogP contribution in [0.5, 0.6) is 5.75 Å². The van der Waals surface area contributed by atoms with Crippen molar-refractivity contribution in [2.45, 2.75) is 27.2 Å². The van der Waals surface area contributed by atoms with Crippen molar-refractivity contribution in [3.63, 3.8) is 0 Å². The SMILES string of the molecule is COc1ccc(C)cc1-c1csc(NC(=O)CSCCC(C)C)n1. The molecule has 4 nitrogen and oxygen atoms in total. The van der Waals surface area contributed by atoms with Gasteiger partial charge in [0, 0.05) is 10.9 Å². The van der Waals surface area contributed by atoms with Crippen molar-refractivity contribution >= 4 is 34.1 Å². The van der Waals surface area contributed by atoms with E-state index >= 15 is 0 Å². The number of amides is 1. The quantitative estimate of drug-likeness (QED) is 0.681. The third-order valence-electron chi connectivity index (χ3n) is 3.45. The topological polar surface area (TPSA) is 51.2 Å². The molecule has 0 saturated heterocycles. The number of methoxy groups -OCH3 is 1. The maximum atomic E-state index is 12.0. The standard InChI is InChI=1S/C18H24N2O2S2/c1-12(2)7-8-23-11-17(21)20-18-19-15(10-24-18)14-9-13(3)5-6-16(14)22-4/h5-6,9-10,12H,7-8,11H2,1-4H3,(H,19,20,21). The largest absolute Gasteiger partial charge is 0.496 e. The number of nitrogens with one attached hydrogen (secondary N) is 1. The molecule has 1 amide bonds. The molecule has 2 rings (SSSR count). The van der Waals surface area contributed by atoms with Crippen LogP contribution in [0, 0.1) is 12.8 Å². The van der Waals surface area contributed by atoms with Crippen LogP contribution >= 0.6 is 23.1 Å². The van der Waals surface area contributed by atoms with Gasteiger partial charge in [0.15, 0.2) is 5.13 Å². The van der Waals surface area contributed by atoms with Gasteiger partial charge in [-0.25, -0.2) is 4.98 Å². The zero-order valence-corrected chi connectivity index (χ0v) is 16.2. The van der Waals surface area contributed by atoms with Crippen molar-refractivity contribution in [3.05, 3.63) is 29.1 Å². The van der Waals surface area contributed by atoms with Gasteiger partial charge >= 0.3 is 0 Å². The Morgan fingerprint density at radius 2 is 2.21 bits per heavy atom. The van der Waals surface area contributed by atoms with Crippen molar-refractivity contribution in [2.75, 3.05) is 23.9 Å². The number of aromatic nitrogens is 1. The number of benzene rings is 1. The number of carbonyl (C=O) groups is 1. The first-order valence-corrected chi connectivity index (χ1v) is 10.0. The molecule has 2 aromatic rings. The third kappa shape index (κ3) is 5.53. The maximum absolute atomic E-state index is 12.0. The van der Waals surface area contributed by atoms with Crippen LogP contribution in [0.2, 0.25) is 0 Å². The Labute approximate surface area is 152 Å². The maximum Gasteiger partial charge on any atom is 0.236 e. The van der Waals surface area contributed by atoms with Crippen LogP contribution in [0.3, 0.4) is 0 Å². The number of thioether (sulfide) groups is 1. The summed E-state index contributed by atoms with van der Waals surface area (Å²) in [7, 11) is 1.65. The van der Waals surface area contributed by atoms with E-state index < -0.39 is 0 Å². The Balaban J connectivity index is 1.96. The molecule has 1 aromatic carbocycles. The summed E-state index contributed by atoms with van der Waals surface area (Å²) in [5, 5.41) is 5.45. The average Bonchev–Trinajstić information content (AvgIpc) is 2.99. The fourth-order valence-electron chi connectivity index (χ4n) is 2.12. The Bertz CT molecular complexity index is 683. The number of aryl methyl sites for hydroxylation is 1. The van der Waals surface area contributed by atoms with Crippen LogP contribution in [0.4, 0.5) is 5.13 Å². The van der Waals surface area contributed by atoms with Crippen molar-refractivity contribution in [1.29, 1.82) is 0 Å². The van der Waals surface area contributed by atoms with Gasteiger partial charge < -0.3 is 10.1 Å². The summed E-state index contributed by atoms with van der Waals surface area (Å²) in [6.07, 6.45) is 1.13. The molecule has 6 heteroatoms. The van der Waals surface area contributed by atoms with Crippen LogP contribution < -0.4 is 10.1 Å². The molecule has 0 aliphatic rings. The van der Waals surface area contributed by atoms with E-state index in [4.69, 9.17) is 4.74 Å². The highest BCUT2D eigenvalue weighted by Crippen LogP contribution is 2.33. The minimum Gasteiger partial charge on any atom is -0.496 e. The third-order valence-corrected chi connectivity index (χ3v) is 5.20. The van der Waals surface area contributed by atoms with Gasteiger partial charge in [-0.2, -0.15) is 11.8 Å². The average molecular weight is 365 g/mol. The first kappa shape index (κ1) is 18.8. The molecule has 0 fully saturated rings. The second-order valence-corrected chi connectivity index (χ2v) is 7.99. The lowest BCUT2D eigenvalue weighted by atomic mass is 10.1. The number of thiazole rings is 1. The van der Waals surface area contributed by atoms with Gasteiger partial charge in [-0.05, 0) is 37.1 Å². The van der Waals surface area contributed by atoms with E-state index in [-0.39, 0.29) is 5.91 Å². The highest BCUT2D eigenvalue weighted by atomic mass is 32.2. The Morgan fingerprint density at radius 3 is 2.92 bits per heavy atom. The number of hydrogen-bond acceptors (Lipinski definition) is 5. The zero-order chi connectivity index (χ0) is 17.5. The van der Waals surface area contributed by atoms with Crippen molar-refractivity contribution in [2.24, 2.45) is 5.92 Å². The van der Waals surface area contributed by atoms with E-state index in [0.29, 0.717) is 16.8 Å². The molecule has 24 heavy (non-hydrogen) atoms. The van der Waals surface area contributed by atoms with Gasteiger partial charge in [-0.15, -0.1) is 11.3 Å². The number of anilines is 1. The molecule has 0 aliphatic carbocycles. The molecule has 0 unspecified atom stereocenters. The summed E-state index contributed by atoms with van der Waals surface area (Å²) in [6, 6.07) is 5.99. The van der Waals surface area contributed by atoms with E-state index in [2.05, 4.69) is 24.1 Å². The molecule has 0 saturated carbocycles. The van der Waals surface area contributed by atoms with Gasteiger partial charge in [0.25, 0.3) is 0 Å². The molecule has 1 aromatic heterocycles. The summed E-state index contributed by atoms with van der Waals surface area (Å²) < 4.78 is 5.40. The van der Waals surface area contributed by atoms with Gasteiger partial charge in [0.1, 0.15) is 5.75 Å². The van der Waals surface area contributed by atoms with E-state index in [0.717, 1.165) is 34.7 Å². The van der Waals surface area contributed by atoms with Crippen LogP contribution in [0.25, 0.3) is 11.3 Å². The summed E-state index contributed by atoms with van der Waals surface area (Å²) in [5.41, 5.74) is 2.91. The number of nitrogens with zero attached hydrogens (tertiary/aromatic N) is 1. The zero-order valence-electron chi connectivity index (χ0n) is 14.6. The number of hydrogen-bond donors (Lipinski definition) is 1. The van der Waals surface area contributed by atoms with E-state index in [9.17, 15) is 4.79 Å². The van der Waals surface area contributed by atoms with E-state index in [1.807, 2.05) is 30.5 Å². The van der Waals surface area contributed by atoms with Crippen LogP contribution in [0.1, 0.15) is 25.8 Å². The fraction of sp³-hybridized carbons (Fsp3) is 0.444. The molecule has 0 spiro atoms. The number of rotatable bonds is 8. The Hall–Kier alpha value is -1.53. The first-order valence-electron chi connectivity index (χ1n) is 7.97. The summed E-state index contributed by atoms with van der Waals surface area (Å²) in [6.45, 7) is 6.42. The summed E-state index contributed by atoms with van der Waals surface area (Å²) >= 11 is 3.10. The minimum atomic E-state index is 0.000799. The van der Waals surface area contributed by atoms with Crippen molar-refractivity contribution in [3.8, 4) is 17.0 Å². The van der Waals surface area contributed by atoms with Gasteiger partial charge in [0.05, 0.1) is 18.6 Å². The van der Waals surface area contributed by atoms with Gasteiger partial charge in [-0.3, -0.25) is 4.79 Å². The summed E-state index contributed by atoms with van der Waals surface area (Å²) in [5.74, 6) is 2.93. The van der Waals surface area contributed by atoms with Crippen molar-refractivity contribution < 1.29 is 9.53 Å². The highest BCUT2D eigenvalue weighted by molar-refractivity contribution is 7.99. The second kappa shape index (κ2) is 9.08. The van der Waals surface area contributed by atoms with Crippen LogP contribution in [-0.4, -0.2) is 29.5 Å². The Morgan fingerprint density at radius 1 is 1.42 bits per heavy atom. The number of carbonyl (C=O) groups excluding carboxylic acids is 1. The van der Waals surface area contributed by atoms with E-state index in [1.165, 1.54) is 11.3 Å². The van der Waals surface area contributed by atoms with Crippen molar-refractivity contribution in [1.82, 2.24) is 4.98 Å². The molecule has 0 radical (unpaired) electrons. The highest BCUT2D eigenvalue weighted by Gasteiger charge is 2.12. The molecule has 0 atom stereocenters. The predicted molar refractivity (Wildman–Crippen MR) is 104 cm³/mol. The molecule has 0 aliphatic heterocycles. The monoisotopic (exact) mass is 364 g/mol. The lowest BCUT2D eigenvalue weighted by molar-refractivity contribution is -0.113. The van der Waals surface area contributed by atoms with Gasteiger partial charge in [-0.1, -0.05) is 25.5 Å². The molecule has 1 heterocycles. The molecule has 0 bridgehead atoms. The van der Waals surface area contributed by atoms with E-state index in [1.54, 1.807) is 18.9 Å². The number of ether oxygens (including phenoxy) is 1. The van der Waals surface area contributed by atoms with Crippen LogP contribution in [-0.2, 0) is 4.79 Å². The lowest BCUT2D eigenvalue weighted by Crippen LogP contribution is -2.14. The Kier molecular flexibility index (Phi) is 7.12. The fourth-order valence-corrected chi connectivity index (χ4v) is 3.88.